The minimum absolute atomic E-state index is 0.245. The summed E-state index contributed by atoms with van der Waals surface area (Å²) in [6.45, 7) is 1.90. The van der Waals surface area contributed by atoms with E-state index in [-0.39, 0.29) is 5.56 Å². The van der Waals surface area contributed by atoms with Gasteiger partial charge < -0.3 is 0 Å². The number of benzene rings is 2. The maximum Gasteiger partial charge on any atom is 0.131 e. The predicted octanol–water partition coefficient (Wildman–Crippen LogP) is 3.48. The molecule has 0 bridgehead atoms. The molecule has 0 amide bonds. The third-order valence-electron chi connectivity index (χ3n) is 2.91. The zero-order valence-electron chi connectivity index (χ0n) is 10.3. The fourth-order valence-electron chi connectivity index (χ4n) is 1.95. The second-order valence-corrected chi connectivity index (χ2v) is 4.70. The Morgan fingerprint density at radius 1 is 1.11 bits per heavy atom. The van der Waals surface area contributed by atoms with Crippen LogP contribution >= 0.6 is 11.6 Å². The van der Waals surface area contributed by atoms with Crippen LogP contribution in [0.2, 0.25) is 5.02 Å². The van der Waals surface area contributed by atoms with Crippen LogP contribution in [-0.2, 0) is 0 Å². The predicted molar refractivity (Wildman–Crippen MR) is 71.7 cm³/mol. The van der Waals surface area contributed by atoms with E-state index in [0.29, 0.717) is 10.6 Å². The molecule has 0 spiro atoms. The minimum Gasteiger partial charge on any atom is -0.271 e. The lowest BCUT2D eigenvalue weighted by Gasteiger charge is -2.19. The van der Waals surface area contributed by atoms with E-state index in [0.717, 1.165) is 11.6 Å². The Morgan fingerprint density at radius 2 is 1.79 bits per heavy atom. The van der Waals surface area contributed by atoms with E-state index >= 15 is 0 Å². The molecule has 5 heteroatoms. The van der Waals surface area contributed by atoms with Crippen LogP contribution in [0.5, 0.6) is 0 Å². The molecule has 2 aromatic carbocycles. The normalized spacial score (nSPS) is 12.5. The van der Waals surface area contributed by atoms with Crippen molar-refractivity contribution in [3.8, 4) is 0 Å². The van der Waals surface area contributed by atoms with E-state index in [1.807, 2.05) is 13.0 Å². The third-order valence-corrected chi connectivity index (χ3v) is 3.23. The van der Waals surface area contributed by atoms with Crippen molar-refractivity contribution in [3.63, 3.8) is 0 Å². The van der Waals surface area contributed by atoms with Gasteiger partial charge in [0.1, 0.15) is 11.6 Å². The van der Waals surface area contributed by atoms with Crippen LogP contribution < -0.4 is 11.3 Å². The molecule has 0 saturated heterocycles. The van der Waals surface area contributed by atoms with Crippen molar-refractivity contribution < 1.29 is 8.78 Å². The summed E-state index contributed by atoms with van der Waals surface area (Å²) in [5, 5.41) is 0.478. The summed E-state index contributed by atoms with van der Waals surface area (Å²) in [6.07, 6.45) is 0. The number of rotatable bonds is 3. The van der Waals surface area contributed by atoms with Gasteiger partial charge in [0.25, 0.3) is 0 Å². The van der Waals surface area contributed by atoms with Gasteiger partial charge in [-0.2, -0.15) is 0 Å². The molecule has 1 atom stereocenters. The van der Waals surface area contributed by atoms with Crippen molar-refractivity contribution in [2.75, 3.05) is 0 Å². The molecule has 2 aromatic rings. The Balaban J connectivity index is 2.50. The first-order chi connectivity index (χ1) is 9.02. The molecule has 2 nitrogen and oxygen atoms in total. The van der Waals surface area contributed by atoms with Crippen molar-refractivity contribution >= 4 is 11.6 Å². The highest BCUT2D eigenvalue weighted by Gasteiger charge is 2.19. The molecule has 1 unspecified atom stereocenters. The SMILES string of the molecule is Cc1ccc(C(NN)c2ccc(F)cc2F)c(Cl)c1. The van der Waals surface area contributed by atoms with Gasteiger partial charge in [0.05, 0.1) is 6.04 Å². The Morgan fingerprint density at radius 3 is 2.37 bits per heavy atom. The van der Waals surface area contributed by atoms with Crippen molar-refractivity contribution in [1.29, 1.82) is 0 Å². The van der Waals surface area contributed by atoms with Crippen molar-refractivity contribution in [2.45, 2.75) is 13.0 Å². The summed E-state index contributed by atoms with van der Waals surface area (Å²) < 4.78 is 26.7. The number of nitrogens with two attached hydrogens (primary N) is 1. The molecule has 19 heavy (non-hydrogen) atoms. The van der Waals surface area contributed by atoms with E-state index < -0.39 is 17.7 Å². The van der Waals surface area contributed by atoms with Crippen molar-refractivity contribution in [2.24, 2.45) is 5.84 Å². The van der Waals surface area contributed by atoms with Gasteiger partial charge in [0, 0.05) is 16.7 Å². The van der Waals surface area contributed by atoms with Gasteiger partial charge in [-0.3, -0.25) is 5.84 Å². The van der Waals surface area contributed by atoms with Gasteiger partial charge in [-0.15, -0.1) is 0 Å². The van der Waals surface area contributed by atoms with Crippen LogP contribution in [0.3, 0.4) is 0 Å². The molecule has 3 N–H and O–H groups in total. The molecule has 0 fully saturated rings. The van der Waals surface area contributed by atoms with Gasteiger partial charge in [-0.05, 0) is 30.2 Å². The summed E-state index contributed by atoms with van der Waals surface area (Å²) in [5.74, 6) is 4.18. The fraction of sp³-hybridized carbons (Fsp3) is 0.143. The average Bonchev–Trinajstić information content (AvgIpc) is 2.34. The van der Waals surface area contributed by atoms with Crippen molar-refractivity contribution in [3.05, 3.63) is 69.7 Å². The van der Waals surface area contributed by atoms with E-state index in [4.69, 9.17) is 17.4 Å². The van der Waals surface area contributed by atoms with E-state index in [1.54, 1.807) is 12.1 Å². The van der Waals surface area contributed by atoms with Crippen LogP contribution in [0, 0.1) is 18.6 Å². The van der Waals surface area contributed by atoms with Gasteiger partial charge in [0.15, 0.2) is 0 Å². The lowest BCUT2D eigenvalue weighted by molar-refractivity contribution is 0.541. The number of aryl methyl sites for hydroxylation is 1. The highest BCUT2D eigenvalue weighted by Crippen LogP contribution is 2.30. The highest BCUT2D eigenvalue weighted by molar-refractivity contribution is 6.31. The first kappa shape index (κ1) is 13.9. The first-order valence-corrected chi connectivity index (χ1v) is 6.08. The van der Waals surface area contributed by atoms with Crippen LogP contribution in [0.4, 0.5) is 8.78 Å². The van der Waals surface area contributed by atoms with E-state index in [2.05, 4.69) is 5.43 Å². The van der Waals surface area contributed by atoms with Gasteiger partial charge in [0.2, 0.25) is 0 Å². The Bertz CT molecular complexity index is 550. The quantitative estimate of drug-likeness (QED) is 0.668. The molecule has 0 aliphatic heterocycles. The van der Waals surface area contributed by atoms with E-state index in [9.17, 15) is 8.78 Å². The molecule has 0 aliphatic carbocycles. The number of hydrazine groups is 1. The lowest BCUT2D eigenvalue weighted by atomic mass is 9.98. The smallest absolute Gasteiger partial charge is 0.131 e. The van der Waals surface area contributed by atoms with Gasteiger partial charge in [-0.1, -0.05) is 29.8 Å². The standard InChI is InChI=1S/C14H13ClF2N2/c1-8-2-4-10(12(15)6-8)14(19-18)11-5-3-9(16)7-13(11)17/h2-7,14,19H,18H2,1H3. The number of hydrogen-bond acceptors (Lipinski definition) is 2. The molecular formula is C14H13ClF2N2. The van der Waals surface area contributed by atoms with Gasteiger partial charge >= 0.3 is 0 Å². The zero-order valence-corrected chi connectivity index (χ0v) is 11.0. The fourth-order valence-corrected chi connectivity index (χ4v) is 2.29. The molecule has 100 valence electrons. The summed E-state index contributed by atoms with van der Waals surface area (Å²) in [5.41, 5.74) is 4.38. The second kappa shape index (κ2) is 5.65. The van der Waals surface area contributed by atoms with Crippen molar-refractivity contribution in [1.82, 2.24) is 5.43 Å². The molecular weight excluding hydrogens is 270 g/mol. The Labute approximate surface area is 115 Å². The zero-order chi connectivity index (χ0) is 14.0. The second-order valence-electron chi connectivity index (χ2n) is 4.29. The van der Waals surface area contributed by atoms with Gasteiger partial charge in [-0.25, -0.2) is 14.2 Å². The van der Waals surface area contributed by atoms with Crippen LogP contribution in [0.15, 0.2) is 36.4 Å². The molecule has 0 aromatic heterocycles. The first-order valence-electron chi connectivity index (χ1n) is 5.70. The molecule has 2 rings (SSSR count). The third kappa shape index (κ3) is 2.92. The molecule has 0 radical (unpaired) electrons. The summed E-state index contributed by atoms with van der Waals surface area (Å²) in [6, 6.07) is 8.12. The summed E-state index contributed by atoms with van der Waals surface area (Å²) >= 11 is 6.14. The lowest BCUT2D eigenvalue weighted by Crippen LogP contribution is -2.29. The molecule has 0 saturated carbocycles. The minimum atomic E-state index is -0.667. The monoisotopic (exact) mass is 282 g/mol. The summed E-state index contributed by atoms with van der Waals surface area (Å²) in [4.78, 5) is 0. The maximum atomic E-state index is 13.8. The van der Waals surface area contributed by atoms with Crippen LogP contribution in [-0.4, -0.2) is 0 Å². The number of hydrogen-bond donors (Lipinski definition) is 2. The molecule has 0 aliphatic rings. The largest absolute Gasteiger partial charge is 0.271 e. The number of nitrogens with one attached hydrogen (secondary N) is 1. The Hall–Kier alpha value is -1.49. The van der Waals surface area contributed by atoms with Crippen LogP contribution in [0.1, 0.15) is 22.7 Å². The number of halogens is 3. The highest BCUT2D eigenvalue weighted by atomic mass is 35.5. The topological polar surface area (TPSA) is 38.0 Å². The summed E-state index contributed by atoms with van der Waals surface area (Å²) in [7, 11) is 0. The van der Waals surface area contributed by atoms with Crippen LogP contribution in [0.25, 0.3) is 0 Å². The average molecular weight is 283 g/mol. The maximum absolute atomic E-state index is 13.8. The van der Waals surface area contributed by atoms with E-state index in [1.165, 1.54) is 12.1 Å². The Kier molecular flexibility index (Phi) is 4.14. The molecule has 0 heterocycles.